The third kappa shape index (κ3) is 4.26. The van der Waals surface area contributed by atoms with Crippen molar-refractivity contribution in [2.75, 3.05) is 18.5 Å². The number of nitrogens with one attached hydrogen (secondary N) is 1. The summed E-state index contributed by atoms with van der Waals surface area (Å²) < 4.78 is 18.5. The Hall–Kier alpha value is -1.95. The first-order valence-electron chi connectivity index (χ1n) is 7.12. The van der Waals surface area contributed by atoms with Crippen LogP contribution in [0.2, 0.25) is 0 Å². The molecule has 21 heavy (non-hydrogen) atoms. The lowest BCUT2D eigenvalue weighted by Gasteiger charge is -2.14. The van der Waals surface area contributed by atoms with Gasteiger partial charge in [-0.15, -0.1) is 5.10 Å². The van der Waals surface area contributed by atoms with Crippen molar-refractivity contribution >= 4 is 6.01 Å². The van der Waals surface area contributed by atoms with Crippen LogP contribution in [-0.2, 0) is 6.54 Å². The Balaban J connectivity index is 1.98. The number of halogens is 1. The second-order valence-corrected chi connectivity index (χ2v) is 5.08. The zero-order valence-electron chi connectivity index (χ0n) is 12.6. The Bertz CT molecular complexity index is 555. The van der Waals surface area contributed by atoms with Crippen molar-refractivity contribution in [3.8, 4) is 0 Å². The van der Waals surface area contributed by atoms with Crippen LogP contribution in [0, 0.1) is 5.82 Å². The van der Waals surface area contributed by atoms with E-state index in [1.807, 2.05) is 18.9 Å². The van der Waals surface area contributed by atoms with Crippen LogP contribution in [0.1, 0.15) is 37.8 Å². The number of nitrogens with zero attached hydrogens (tertiary/aromatic N) is 3. The molecular weight excluding hydrogens is 271 g/mol. The van der Waals surface area contributed by atoms with Gasteiger partial charge < -0.3 is 14.6 Å². The maximum Gasteiger partial charge on any atom is 0.318 e. The number of hydrogen-bond acceptors (Lipinski definition) is 5. The number of hydrogen-bond donors (Lipinski definition) is 1. The topological polar surface area (TPSA) is 54.2 Å². The van der Waals surface area contributed by atoms with Crippen LogP contribution in [0.25, 0.3) is 0 Å². The third-order valence-electron chi connectivity index (χ3n) is 3.16. The lowest BCUT2D eigenvalue weighted by atomic mass is 10.2. The monoisotopic (exact) mass is 292 g/mol. The van der Waals surface area contributed by atoms with E-state index in [0.29, 0.717) is 18.5 Å². The summed E-state index contributed by atoms with van der Waals surface area (Å²) >= 11 is 0. The molecule has 1 atom stereocenters. The van der Waals surface area contributed by atoms with E-state index in [2.05, 4.69) is 22.4 Å². The molecule has 0 aliphatic heterocycles. The van der Waals surface area contributed by atoms with Crippen molar-refractivity contribution in [3.63, 3.8) is 0 Å². The zero-order chi connectivity index (χ0) is 15.2. The predicted octanol–water partition coefficient (Wildman–Crippen LogP) is 2.91. The van der Waals surface area contributed by atoms with E-state index < -0.39 is 0 Å². The van der Waals surface area contributed by atoms with Gasteiger partial charge in [-0.1, -0.05) is 24.2 Å². The highest BCUT2D eigenvalue weighted by Crippen LogP contribution is 2.18. The van der Waals surface area contributed by atoms with E-state index >= 15 is 0 Å². The molecule has 1 heterocycles. The minimum atomic E-state index is -0.239. The fraction of sp³-hybridized carbons (Fsp3) is 0.467. The van der Waals surface area contributed by atoms with Gasteiger partial charge in [0.05, 0.1) is 6.04 Å². The first-order valence-corrected chi connectivity index (χ1v) is 7.12. The first kappa shape index (κ1) is 15.4. The van der Waals surface area contributed by atoms with Gasteiger partial charge in [0.1, 0.15) is 5.82 Å². The summed E-state index contributed by atoms with van der Waals surface area (Å²) in [5.74, 6) is 0.335. The van der Waals surface area contributed by atoms with E-state index in [4.69, 9.17) is 4.42 Å². The molecule has 0 spiro atoms. The third-order valence-corrected chi connectivity index (χ3v) is 3.16. The van der Waals surface area contributed by atoms with Crippen LogP contribution in [0.4, 0.5) is 10.4 Å². The Morgan fingerprint density at radius 1 is 1.29 bits per heavy atom. The molecule has 2 aromatic rings. The average Bonchev–Trinajstić information content (AvgIpc) is 2.97. The fourth-order valence-corrected chi connectivity index (χ4v) is 1.94. The van der Waals surface area contributed by atoms with E-state index in [1.54, 1.807) is 12.1 Å². The van der Waals surface area contributed by atoms with Gasteiger partial charge in [-0.05, 0) is 37.6 Å². The number of aromatic nitrogens is 2. The summed E-state index contributed by atoms with van der Waals surface area (Å²) in [4.78, 5) is 1.84. The summed E-state index contributed by atoms with van der Waals surface area (Å²) in [6.45, 7) is 5.59. The molecule has 0 aliphatic rings. The van der Waals surface area contributed by atoms with Crippen LogP contribution in [-0.4, -0.2) is 23.8 Å². The van der Waals surface area contributed by atoms with E-state index in [9.17, 15) is 4.39 Å². The highest BCUT2D eigenvalue weighted by molar-refractivity contribution is 5.27. The van der Waals surface area contributed by atoms with Crippen LogP contribution in [0.5, 0.6) is 0 Å². The normalized spacial score (nSPS) is 12.4. The maximum absolute atomic E-state index is 12.9. The van der Waals surface area contributed by atoms with Gasteiger partial charge >= 0.3 is 6.01 Å². The quantitative estimate of drug-likeness (QED) is 0.850. The Labute approximate surface area is 124 Å². The van der Waals surface area contributed by atoms with Gasteiger partial charge in [0.2, 0.25) is 5.89 Å². The molecule has 0 radical (unpaired) electrons. The lowest BCUT2D eigenvalue weighted by Crippen LogP contribution is -2.19. The molecule has 0 aliphatic carbocycles. The van der Waals surface area contributed by atoms with Gasteiger partial charge in [-0.2, -0.15) is 0 Å². The van der Waals surface area contributed by atoms with Crippen LogP contribution in [0.15, 0.2) is 28.7 Å². The van der Waals surface area contributed by atoms with Gasteiger partial charge in [-0.25, -0.2) is 4.39 Å². The molecule has 2 rings (SSSR count). The number of rotatable bonds is 7. The molecule has 6 heteroatoms. The highest BCUT2D eigenvalue weighted by Gasteiger charge is 2.15. The van der Waals surface area contributed by atoms with Crippen molar-refractivity contribution in [2.45, 2.75) is 32.9 Å². The molecule has 1 aromatic heterocycles. The highest BCUT2D eigenvalue weighted by atomic mass is 19.1. The molecule has 0 fully saturated rings. The number of benzene rings is 1. The van der Waals surface area contributed by atoms with Gasteiger partial charge in [0, 0.05) is 13.6 Å². The standard InChI is InChI=1S/C15H21FN4O/c1-4-9-17-11(2)14-18-19-15(21-14)20(3)10-12-5-7-13(16)8-6-12/h5-8,11,17H,4,9-10H2,1-3H3. The smallest absolute Gasteiger partial charge is 0.318 e. The van der Waals surface area contributed by atoms with Gasteiger partial charge in [-0.3, -0.25) is 0 Å². The van der Waals surface area contributed by atoms with Crippen molar-refractivity contribution in [1.82, 2.24) is 15.5 Å². The zero-order valence-corrected chi connectivity index (χ0v) is 12.6. The Morgan fingerprint density at radius 2 is 2.00 bits per heavy atom. The van der Waals surface area contributed by atoms with Crippen molar-refractivity contribution in [3.05, 3.63) is 41.5 Å². The SMILES string of the molecule is CCCNC(C)c1nnc(N(C)Cc2ccc(F)cc2)o1. The summed E-state index contributed by atoms with van der Waals surface area (Å²) in [5.41, 5.74) is 0.982. The molecule has 1 unspecified atom stereocenters. The molecule has 114 valence electrons. The van der Waals surface area contributed by atoms with Crippen molar-refractivity contribution < 1.29 is 8.81 Å². The average molecular weight is 292 g/mol. The molecule has 0 amide bonds. The maximum atomic E-state index is 12.9. The van der Waals surface area contributed by atoms with E-state index in [0.717, 1.165) is 18.5 Å². The Kier molecular flexibility index (Phi) is 5.27. The summed E-state index contributed by atoms with van der Waals surface area (Å²) in [6.07, 6.45) is 1.05. The van der Waals surface area contributed by atoms with Gasteiger partial charge in [0.25, 0.3) is 0 Å². The minimum Gasteiger partial charge on any atom is -0.406 e. The molecule has 5 nitrogen and oxygen atoms in total. The van der Waals surface area contributed by atoms with Crippen LogP contribution in [0.3, 0.4) is 0 Å². The largest absolute Gasteiger partial charge is 0.406 e. The van der Waals surface area contributed by atoms with E-state index in [1.165, 1.54) is 12.1 Å². The van der Waals surface area contributed by atoms with Crippen LogP contribution >= 0.6 is 0 Å². The minimum absolute atomic E-state index is 0.0328. The lowest BCUT2D eigenvalue weighted by molar-refractivity contribution is 0.416. The van der Waals surface area contributed by atoms with Crippen LogP contribution < -0.4 is 10.2 Å². The molecule has 1 aromatic carbocycles. The molecule has 1 N–H and O–H groups in total. The second-order valence-electron chi connectivity index (χ2n) is 5.08. The molecule has 0 saturated heterocycles. The van der Waals surface area contributed by atoms with Crippen molar-refractivity contribution in [1.29, 1.82) is 0 Å². The van der Waals surface area contributed by atoms with E-state index in [-0.39, 0.29) is 11.9 Å². The summed E-state index contributed by atoms with van der Waals surface area (Å²) in [7, 11) is 1.87. The second kappa shape index (κ2) is 7.17. The number of anilines is 1. The fourth-order valence-electron chi connectivity index (χ4n) is 1.94. The molecule has 0 saturated carbocycles. The van der Waals surface area contributed by atoms with Gasteiger partial charge in [0.15, 0.2) is 0 Å². The molecular formula is C15H21FN4O. The predicted molar refractivity (Wildman–Crippen MR) is 79.5 cm³/mol. The molecule has 0 bridgehead atoms. The first-order chi connectivity index (χ1) is 10.1. The summed E-state index contributed by atoms with van der Waals surface area (Å²) in [6, 6.07) is 6.87. The summed E-state index contributed by atoms with van der Waals surface area (Å²) in [5, 5.41) is 11.4. The van der Waals surface area contributed by atoms with Crippen molar-refractivity contribution in [2.24, 2.45) is 0 Å². The Morgan fingerprint density at radius 3 is 2.67 bits per heavy atom.